The maximum absolute atomic E-state index is 4.16. The maximum atomic E-state index is 4.16. The van der Waals surface area contributed by atoms with Gasteiger partial charge in [-0.2, -0.15) is 0 Å². The summed E-state index contributed by atoms with van der Waals surface area (Å²) in [6.07, 6.45) is 0. The molecule has 0 unspecified atom stereocenters. The molecule has 0 aliphatic carbocycles. The molecule has 34 valence electrons. The van der Waals surface area contributed by atoms with E-state index in [9.17, 15) is 0 Å². The van der Waals surface area contributed by atoms with Gasteiger partial charge < -0.3 is 24.8 Å². The number of halogens is 3. The zero-order valence-electron chi connectivity index (χ0n) is 3.44. The van der Waals surface area contributed by atoms with Gasteiger partial charge in [0.1, 0.15) is 0 Å². The first kappa shape index (κ1) is 35.9. The molecule has 0 aromatic heterocycles. The minimum absolute atomic E-state index is 0. The first-order valence-electron chi connectivity index (χ1n) is 0.114. The first-order valence-corrected chi connectivity index (χ1v) is 3.15. The van der Waals surface area contributed by atoms with Crippen LogP contribution in [0.2, 0.25) is 0 Å². The molecule has 0 amide bonds. The molecule has 0 saturated carbocycles. The van der Waals surface area contributed by atoms with E-state index in [4.69, 9.17) is 0 Å². The van der Waals surface area contributed by atoms with Gasteiger partial charge in [-0.25, -0.2) is 0 Å². The van der Waals surface area contributed by atoms with Gasteiger partial charge in [-0.3, -0.25) is 0 Å². The monoisotopic (exact) mass is 274 g/mol. The van der Waals surface area contributed by atoms with Crippen molar-refractivity contribution in [1.82, 2.24) is 0 Å². The molecule has 0 N–H and O–H groups in total. The predicted octanol–water partition coefficient (Wildman–Crippen LogP) is -11.1. The van der Waals surface area contributed by atoms with Crippen LogP contribution in [-0.4, -0.2) is 0 Å². The summed E-state index contributed by atoms with van der Waals surface area (Å²) in [6, 6.07) is 0. The second-order valence-corrected chi connectivity index (χ2v) is 0. The van der Waals surface area contributed by atoms with Gasteiger partial charge in [-0.05, 0) is 0 Å². The van der Waals surface area contributed by atoms with Gasteiger partial charge in [0.25, 0.3) is 0 Å². The van der Waals surface area contributed by atoms with Gasteiger partial charge in [-0.15, -0.1) is 0 Å². The summed E-state index contributed by atoms with van der Waals surface area (Å²) in [4.78, 5) is 0. The van der Waals surface area contributed by atoms with Crippen molar-refractivity contribution in [3.05, 3.63) is 0 Å². The van der Waals surface area contributed by atoms with E-state index in [0.29, 0.717) is 0 Å². The van der Waals surface area contributed by atoms with Crippen LogP contribution in [0.3, 0.4) is 0 Å². The number of hydrogen-bond acceptors (Lipinski definition) is 0. The van der Waals surface area contributed by atoms with Gasteiger partial charge >= 0.3 is 70.8 Å². The minimum Gasteiger partial charge on any atom is 1.00 e. The van der Waals surface area contributed by atoms with Crippen molar-refractivity contribution >= 4 is 20.3 Å². The van der Waals surface area contributed by atoms with Gasteiger partial charge in [0.2, 0.25) is 0 Å². The van der Waals surface area contributed by atoms with Crippen molar-refractivity contribution in [2.75, 3.05) is 0 Å². The van der Waals surface area contributed by atoms with E-state index in [1.165, 1.54) is 0 Å². The Labute approximate surface area is 94.1 Å². The van der Waals surface area contributed by atoms with Gasteiger partial charge in [0.05, 0.1) is 0 Å². The average Bonchev–Trinajstić information content (AvgIpc) is 1.00. The van der Waals surface area contributed by atoms with E-state index in [2.05, 4.69) is 12.8 Å². The third-order valence-corrected chi connectivity index (χ3v) is 0. The molecule has 0 aliphatic heterocycles. The van der Waals surface area contributed by atoms with Crippen molar-refractivity contribution in [2.24, 2.45) is 0 Å². The molecule has 0 aliphatic rings. The molecule has 0 fully saturated rings. The third-order valence-electron chi connectivity index (χ3n) is 0. The fourth-order valence-corrected chi connectivity index (χ4v) is 0. The van der Waals surface area contributed by atoms with Crippen LogP contribution in [0.4, 0.5) is 0 Å². The molecule has 0 aromatic rings. The third kappa shape index (κ3) is 27.9. The summed E-state index contributed by atoms with van der Waals surface area (Å²) in [6.45, 7) is 0. The number of hydrogen-bond donors (Lipinski definition) is 0. The van der Waals surface area contributed by atoms with E-state index >= 15 is 0 Å². The van der Waals surface area contributed by atoms with E-state index in [0.717, 1.165) is 0 Å². The molecule has 0 atom stereocenters. The second-order valence-electron chi connectivity index (χ2n) is 0. The average molecular weight is 275 g/mol. The molecule has 0 rings (SSSR count). The Morgan fingerprint density at radius 1 is 0.833 bits per heavy atom. The summed E-state index contributed by atoms with van der Waals surface area (Å²) in [5, 5.41) is 0. The van der Waals surface area contributed by atoms with Crippen molar-refractivity contribution in [1.29, 1.82) is 0 Å². The van der Waals surface area contributed by atoms with Crippen LogP contribution in [-0.2, 0) is 12.8 Å². The Morgan fingerprint density at radius 2 is 0.833 bits per heavy atom. The molecule has 0 nitrogen and oxygen atoms in total. The molecule has 0 bridgehead atoms. The van der Waals surface area contributed by atoms with Gasteiger partial charge in [0, 0.05) is 0 Å². The van der Waals surface area contributed by atoms with Crippen LogP contribution < -0.4 is 62.5 Å². The molecule has 0 spiro atoms. The van der Waals surface area contributed by atoms with Crippen molar-refractivity contribution in [2.45, 2.75) is 0 Å². The SMILES string of the molecule is [Cl-].[Cl-].[Cu][I].[Li+].[Li+]. The molecule has 6 heavy (non-hydrogen) atoms. The quantitative estimate of drug-likeness (QED) is 0.304. The van der Waals surface area contributed by atoms with E-state index in [1.54, 1.807) is 20.3 Å². The zero-order chi connectivity index (χ0) is 2.00. The maximum Gasteiger partial charge on any atom is 1.00 e. The predicted molar refractivity (Wildman–Crippen MR) is 14.0 cm³/mol. The van der Waals surface area contributed by atoms with Gasteiger partial charge in [0.15, 0.2) is 0 Å². The van der Waals surface area contributed by atoms with Crippen LogP contribution in [0.15, 0.2) is 0 Å². The minimum atomic E-state index is 0. The van der Waals surface area contributed by atoms with Crippen molar-refractivity contribution in [3.8, 4) is 0 Å². The number of rotatable bonds is 0. The molecule has 0 heterocycles. The van der Waals surface area contributed by atoms with Gasteiger partial charge in [-0.1, -0.05) is 0 Å². The Balaban J connectivity index is -0.000000000833. The van der Waals surface area contributed by atoms with E-state index < -0.39 is 0 Å². The van der Waals surface area contributed by atoms with Crippen LogP contribution in [0.5, 0.6) is 0 Å². The molecular formula is Cl2CuILi2. The van der Waals surface area contributed by atoms with E-state index in [-0.39, 0.29) is 62.5 Å². The Hall–Kier alpha value is 3.02. The Bertz CT molecular complexity index is 11.5. The Kier molecular flexibility index (Phi) is 259. The largest absolute Gasteiger partial charge is 1.00 e. The molecule has 0 aromatic carbocycles. The zero-order valence-corrected chi connectivity index (χ0v) is 8.05. The molecule has 6 heteroatoms. The fourth-order valence-electron chi connectivity index (χ4n) is 0. The van der Waals surface area contributed by atoms with Crippen LogP contribution >= 0.6 is 20.3 Å². The van der Waals surface area contributed by atoms with E-state index in [1.807, 2.05) is 0 Å². The smallest absolute Gasteiger partial charge is 1.00 e. The van der Waals surface area contributed by atoms with Crippen molar-refractivity contribution in [3.63, 3.8) is 0 Å². The summed E-state index contributed by atoms with van der Waals surface area (Å²) in [5.74, 6) is 0. The summed E-state index contributed by atoms with van der Waals surface area (Å²) in [7, 11) is 0. The van der Waals surface area contributed by atoms with Crippen molar-refractivity contribution < 1.29 is 75.3 Å². The summed E-state index contributed by atoms with van der Waals surface area (Å²) in [5.41, 5.74) is 0. The van der Waals surface area contributed by atoms with Crippen LogP contribution in [0.1, 0.15) is 0 Å². The van der Waals surface area contributed by atoms with Crippen LogP contribution in [0.25, 0.3) is 0 Å². The second kappa shape index (κ2) is 43.3. The normalized spacial score (nSPS) is 1.17. The Morgan fingerprint density at radius 3 is 0.833 bits per heavy atom. The van der Waals surface area contributed by atoms with Crippen LogP contribution in [0, 0.1) is 0 Å². The standard InChI is InChI=1S/2ClH.Cu.HI.2Li/h2*1H;;1H;;/q;;+1;;2*+1/p-3. The molecule has 0 saturated heterocycles. The summed E-state index contributed by atoms with van der Waals surface area (Å²) < 4.78 is 0. The fraction of sp³-hybridized carbons (Fsp3) is 0. The molecule has 0 radical (unpaired) electrons. The molecular weight excluding hydrogens is 275 g/mol. The first-order chi connectivity index (χ1) is 1.00. The summed E-state index contributed by atoms with van der Waals surface area (Å²) >= 11 is 5.87. The topological polar surface area (TPSA) is 0 Å².